The van der Waals surface area contributed by atoms with Gasteiger partial charge in [-0.3, -0.25) is 14.2 Å². The van der Waals surface area contributed by atoms with E-state index in [1.807, 2.05) is 24.3 Å². The number of ketones is 1. The van der Waals surface area contributed by atoms with Crippen molar-refractivity contribution in [2.75, 3.05) is 0 Å². The average Bonchev–Trinajstić information content (AvgIpc) is 2.34. The number of rotatable bonds is 3. The van der Waals surface area contributed by atoms with Crippen molar-refractivity contribution in [3.63, 3.8) is 0 Å². The second kappa shape index (κ2) is 4.84. The lowest BCUT2D eigenvalue weighted by Crippen LogP contribution is -2.25. The van der Waals surface area contributed by atoms with Crippen molar-refractivity contribution < 1.29 is 4.79 Å². The maximum atomic E-state index is 12.2. The van der Waals surface area contributed by atoms with E-state index in [0.29, 0.717) is 5.56 Å². The van der Waals surface area contributed by atoms with Crippen LogP contribution < -0.4 is 5.56 Å². The third kappa shape index (κ3) is 2.16. The standard InChI is InChI=1S/C14H12N2O2/c1-10(17)8-12-9-11-4-2-3-5-13(11)16(7-6-15)14(12)18/h2-5,9H,7-8H2,1H3. The number of nitrogens with zero attached hydrogens (tertiary/aromatic N) is 2. The van der Waals surface area contributed by atoms with Gasteiger partial charge in [-0.2, -0.15) is 5.26 Å². The molecule has 2 rings (SSSR count). The van der Waals surface area contributed by atoms with E-state index in [1.54, 1.807) is 12.1 Å². The van der Waals surface area contributed by atoms with Crippen molar-refractivity contribution in [3.8, 4) is 6.07 Å². The number of hydrogen-bond acceptors (Lipinski definition) is 3. The van der Waals surface area contributed by atoms with Gasteiger partial charge in [-0.05, 0) is 24.4 Å². The molecular weight excluding hydrogens is 228 g/mol. The summed E-state index contributed by atoms with van der Waals surface area (Å²) in [5, 5.41) is 9.66. The molecule has 1 aromatic heterocycles. The number of fused-ring (bicyclic) bond motifs is 1. The zero-order valence-electron chi connectivity index (χ0n) is 10.0. The SMILES string of the molecule is CC(=O)Cc1cc2ccccc2n(CC#N)c1=O. The predicted molar refractivity (Wildman–Crippen MR) is 68.2 cm³/mol. The molecule has 2 aromatic rings. The van der Waals surface area contributed by atoms with Gasteiger partial charge in [-0.15, -0.1) is 0 Å². The number of hydrogen-bond donors (Lipinski definition) is 0. The zero-order valence-corrected chi connectivity index (χ0v) is 10.0. The highest BCUT2D eigenvalue weighted by molar-refractivity contribution is 5.83. The van der Waals surface area contributed by atoms with Crippen LogP contribution in [-0.2, 0) is 17.8 Å². The maximum Gasteiger partial charge on any atom is 0.255 e. The summed E-state index contributed by atoms with van der Waals surface area (Å²) in [7, 11) is 0. The van der Waals surface area contributed by atoms with E-state index in [0.717, 1.165) is 10.9 Å². The molecular formula is C14H12N2O2. The number of nitriles is 1. The van der Waals surface area contributed by atoms with Gasteiger partial charge in [-0.25, -0.2) is 0 Å². The van der Waals surface area contributed by atoms with Crippen molar-refractivity contribution >= 4 is 16.7 Å². The lowest BCUT2D eigenvalue weighted by molar-refractivity contribution is -0.116. The Labute approximate surface area is 104 Å². The zero-order chi connectivity index (χ0) is 13.1. The van der Waals surface area contributed by atoms with Crippen molar-refractivity contribution in [2.24, 2.45) is 0 Å². The summed E-state index contributed by atoms with van der Waals surface area (Å²) in [6, 6.07) is 11.1. The van der Waals surface area contributed by atoms with Gasteiger partial charge in [0.05, 0.1) is 11.6 Å². The summed E-state index contributed by atoms with van der Waals surface area (Å²) in [5.41, 5.74) is 0.901. The first-order chi connectivity index (χ1) is 8.63. The van der Waals surface area contributed by atoms with E-state index in [1.165, 1.54) is 11.5 Å². The summed E-state index contributed by atoms with van der Waals surface area (Å²) in [5.74, 6) is -0.0640. The summed E-state index contributed by atoms with van der Waals surface area (Å²) in [4.78, 5) is 23.3. The first-order valence-corrected chi connectivity index (χ1v) is 5.61. The number of pyridine rings is 1. The van der Waals surface area contributed by atoms with E-state index in [2.05, 4.69) is 0 Å². The largest absolute Gasteiger partial charge is 0.300 e. The molecule has 0 radical (unpaired) electrons. The third-order valence-corrected chi connectivity index (χ3v) is 2.75. The minimum Gasteiger partial charge on any atom is -0.300 e. The predicted octanol–water partition coefficient (Wildman–Crippen LogP) is 1.66. The van der Waals surface area contributed by atoms with Gasteiger partial charge >= 0.3 is 0 Å². The first-order valence-electron chi connectivity index (χ1n) is 5.61. The van der Waals surface area contributed by atoms with Crippen LogP contribution >= 0.6 is 0 Å². The molecule has 4 heteroatoms. The van der Waals surface area contributed by atoms with Crippen LogP contribution in [-0.4, -0.2) is 10.4 Å². The van der Waals surface area contributed by atoms with E-state index in [4.69, 9.17) is 5.26 Å². The van der Waals surface area contributed by atoms with Crippen LogP contribution in [0, 0.1) is 11.3 Å². The molecule has 0 saturated heterocycles. The van der Waals surface area contributed by atoms with Gasteiger partial charge in [0, 0.05) is 12.0 Å². The summed E-state index contributed by atoms with van der Waals surface area (Å²) in [6.45, 7) is 1.44. The van der Waals surface area contributed by atoms with Gasteiger partial charge < -0.3 is 0 Å². The molecule has 1 aromatic carbocycles. The Balaban J connectivity index is 2.76. The molecule has 18 heavy (non-hydrogen) atoms. The number of para-hydroxylation sites is 1. The summed E-state index contributed by atoms with van der Waals surface area (Å²) >= 11 is 0. The fraction of sp³-hybridized carbons (Fsp3) is 0.214. The monoisotopic (exact) mass is 240 g/mol. The Morgan fingerprint density at radius 1 is 1.39 bits per heavy atom. The Bertz CT molecular complexity index is 708. The Morgan fingerprint density at radius 3 is 2.78 bits per heavy atom. The molecule has 0 aliphatic carbocycles. The fourth-order valence-electron chi connectivity index (χ4n) is 2.01. The van der Waals surface area contributed by atoms with Gasteiger partial charge in [0.2, 0.25) is 0 Å². The highest BCUT2D eigenvalue weighted by Crippen LogP contribution is 2.13. The molecule has 0 N–H and O–H groups in total. The maximum absolute atomic E-state index is 12.2. The Hall–Kier alpha value is -2.41. The smallest absolute Gasteiger partial charge is 0.255 e. The lowest BCUT2D eigenvalue weighted by atomic mass is 10.1. The number of carbonyl (C=O) groups is 1. The van der Waals surface area contributed by atoms with Crippen LogP contribution in [0.2, 0.25) is 0 Å². The third-order valence-electron chi connectivity index (χ3n) is 2.75. The van der Waals surface area contributed by atoms with Crippen molar-refractivity contribution in [3.05, 3.63) is 46.2 Å². The summed E-state index contributed by atoms with van der Waals surface area (Å²) < 4.78 is 1.41. The fourth-order valence-corrected chi connectivity index (χ4v) is 2.01. The summed E-state index contributed by atoms with van der Waals surface area (Å²) in [6.07, 6.45) is 0.106. The normalized spacial score (nSPS) is 10.2. The van der Waals surface area contributed by atoms with Gasteiger partial charge in [0.25, 0.3) is 5.56 Å². The van der Waals surface area contributed by atoms with E-state index < -0.39 is 0 Å². The van der Waals surface area contributed by atoms with Gasteiger partial charge in [0.1, 0.15) is 12.3 Å². The number of Topliss-reactive ketones (excluding diaryl/α,β-unsaturated/α-hetero) is 1. The van der Waals surface area contributed by atoms with Crippen LogP contribution in [0.25, 0.3) is 10.9 Å². The van der Waals surface area contributed by atoms with Crippen molar-refractivity contribution in [2.45, 2.75) is 19.9 Å². The van der Waals surface area contributed by atoms with Gasteiger partial charge in [-0.1, -0.05) is 18.2 Å². The molecule has 1 heterocycles. The second-order valence-electron chi connectivity index (χ2n) is 4.16. The van der Waals surface area contributed by atoms with Crippen LogP contribution in [0.4, 0.5) is 0 Å². The molecule has 90 valence electrons. The molecule has 0 aliphatic rings. The number of aromatic nitrogens is 1. The quantitative estimate of drug-likeness (QED) is 0.819. The number of benzene rings is 1. The molecule has 0 fully saturated rings. The Kier molecular flexibility index (Phi) is 3.24. The second-order valence-corrected chi connectivity index (χ2v) is 4.16. The Morgan fingerprint density at radius 2 is 2.11 bits per heavy atom. The molecule has 0 unspecified atom stereocenters. The highest BCUT2D eigenvalue weighted by Gasteiger charge is 2.10. The van der Waals surface area contributed by atoms with Crippen molar-refractivity contribution in [1.82, 2.24) is 4.57 Å². The van der Waals surface area contributed by atoms with Gasteiger partial charge in [0.15, 0.2) is 0 Å². The minimum atomic E-state index is -0.259. The van der Waals surface area contributed by atoms with E-state index in [-0.39, 0.29) is 24.3 Å². The van der Waals surface area contributed by atoms with E-state index in [9.17, 15) is 9.59 Å². The molecule has 0 bridgehead atoms. The van der Waals surface area contributed by atoms with Crippen LogP contribution in [0.1, 0.15) is 12.5 Å². The average molecular weight is 240 g/mol. The topological polar surface area (TPSA) is 62.9 Å². The molecule has 0 atom stereocenters. The van der Waals surface area contributed by atoms with E-state index >= 15 is 0 Å². The highest BCUT2D eigenvalue weighted by atomic mass is 16.1. The van der Waals surface area contributed by atoms with Crippen LogP contribution in [0.15, 0.2) is 35.1 Å². The molecule has 0 aliphatic heterocycles. The minimum absolute atomic E-state index is 0.00884. The lowest BCUT2D eigenvalue weighted by Gasteiger charge is -2.09. The molecule has 0 amide bonds. The molecule has 4 nitrogen and oxygen atoms in total. The van der Waals surface area contributed by atoms with Crippen LogP contribution in [0.3, 0.4) is 0 Å². The molecule has 0 saturated carbocycles. The molecule has 0 spiro atoms. The van der Waals surface area contributed by atoms with Crippen LogP contribution in [0.5, 0.6) is 0 Å². The number of carbonyl (C=O) groups excluding carboxylic acids is 1. The first kappa shape index (κ1) is 12.1. The van der Waals surface area contributed by atoms with Crippen molar-refractivity contribution in [1.29, 1.82) is 5.26 Å².